The Hall–Kier alpha value is -0.610. The number of hydrogen-bond donors (Lipinski definition) is 1. The number of nitrogens with zero attached hydrogens (tertiary/aromatic N) is 2. The molecule has 4 heteroatoms. The first-order valence-corrected chi connectivity index (χ1v) is 6.34. The molecule has 0 aromatic rings. The van der Waals surface area contributed by atoms with Crippen molar-refractivity contribution < 1.29 is 9.90 Å². The lowest BCUT2D eigenvalue weighted by molar-refractivity contribution is -0.141. The molecule has 0 amide bonds. The Labute approximate surface area is 98.2 Å². The van der Waals surface area contributed by atoms with E-state index >= 15 is 0 Å². The second-order valence-corrected chi connectivity index (χ2v) is 4.50. The van der Waals surface area contributed by atoms with E-state index in [-0.39, 0.29) is 5.92 Å². The molecule has 0 aliphatic carbocycles. The predicted octanol–water partition coefficient (Wildman–Crippen LogP) is 1.12. The molecule has 1 N–H and O–H groups in total. The number of likely N-dealkylation sites (tertiary alicyclic amines) is 1. The van der Waals surface area contributed by atoms with Gasteiger partial charge in [0.15, 0.2) is 0 Å². The lowest BCUT2D eigenvalue weighted by atomic mass is 10.1. The van der Waals surface area contributed by atoms with E-state index in [2.05, 4.69) is 23.6 Å². The maximum absolute atomic E-state index is 10.8. The number of rotatable bonds is 7. The largest absolute Gasteiger partial charge is 0.481 e. The third-order valence-corrected chi connectivity index (χ3v) is 3.46. The van der Waals surface area contributed by atoms with Gasteiger partial charge in [-0.2, -0.15) is 0 Å². The van der Waals surface area contributed by atoms with Crippen LogP contribution in [0.15, 0.2) is 0 Å². The minimum atomic E-state index is -0.633. The monoisotopic (exact) mass is 228 g/mol. The molecule has 0 aromatic heterocycles. The quantitative estimate of drug-likeness (QED) is 0.709. The first-order chi connectivity index (χ1) is 7.67. The zero-order valence-corrected chi connectivity index (χ0v) is 10.5. The molecular weight excluding hydrogens is 204 g/mol. The summed E-state index contributed by atoms with van der Waals surface area (Å²) in [6.45, 7) is 10.4. The van der Waals surface area contributed by atoms with Crippen molar-refractivity contribution in [3.05, 3.63) is 0 Å². The Morgan fingerprint density at radius 1 is 1.44 bits per heavy atom. The summed E-state index contributed by atoms with van der Waals surface area (Å²) in [6.07, 6.45) is 1.97. The topological polar surface area (TPSA) is 43.8 Å². The van der Waals surface area contributed by atoms with Gasteiger partial charge in [0.25, 0.3) is 0 Å². The van der Waals surface area contributed by atoms with Crippen LogP contribution >= 0.6 is 0 Å². The van der Waals surface area contributed by atoms with Crippen LogP contribution in [0.5, 0.6) is 0 Å². The van der Waals surface area contributed by atoms with Crippen molar-refractivity contribution in [3.8, 4) is 0 Å². The normalized spacial score (nSPS) is 21.8. The van der Waals surface area contributed by atoms with Gasteiger partial charge in [-0.15, -0.1) is 0 Å². The fourth-order valence-electron chi connectivity index (χ4n) is 2.30. The van der Waals surface area contributed by atoms with Gasteiger partial charge in [-0.1, -0.05) is 13.8 Å². The molecule has 1 aliphatic rings. The Morgan fingerprint density at radius 3 is 2.62 bits per heavy atom. The molecule has 1 fully saturated rings. The van der Waals surface area contributed by atoms with Crippen LogP contribution in [0.4, 0.5) is 0 Å². The Morgan fingerprint density at radius 2 is 2.12 bits per heavy atom. The van der Waals surface area contributed by atoms with Crippen molar-refractivity contribution in [2.75, 3.05) is 39.3 Å². The van der Waals surface area contributed by atoms with Gasteiger partial charge in [0.2, 0.25) is 0 Å². The van der Waals surface area contributed by atoms with Crippen LogP contribution in [0.1, 0.15) is 26.7 Å². The minimum Gasteiger partial charge on any atom is -0.481 e. The first-order valence-electron chi connectivity index (χ1n) is 6.34. The highest BCUT2D eigenvalue weighted by molar-refractivity contribution is 5.70. The van der Waals surface area contributed by atoms with Crippen molar-refractivity contribution in [3.63, 3.8) is 0 Å². The number of carboxylic acid groups (broad SMARTS) is 1. The van der Waals surface area contributed by atoms with Gasteiger partial charge in [-0.3, -0.25) is 4.79 Å². The third kappa shape index (κ3) is 4.10. The Kier molecular flexibility index (Phi) is 5.77. The highest BCUT2D eigenvalue weighted by atomic mass is 16.4. The van der Waals surface area contributed by atoms with E-state index in [1.54, 1.807) is 0 Å². The summed E-state index contributed by atoms with van der Waals surface area (Å²) < 4.78 is 0. The van der Waals surface area contributed by atoms with Crippen LogP contribution in [0.2, 0.25) is 0 Å². The van der Waals surface area contributed by atoms with Crippen LogP contribution < -0.4 is 0 Å². The van der Waals surface area contributed by atoms with Crippen LogP contribution in [-0.2, 0) is 4.79 Å². The molecule has 0 radical (unpaired) electrons. The van der Waals surface area contributed by atoms with Crippen molar-refractivity contribution in [2.45, 2.75) is 26.7 Å². The molecule has 1 rings (SSSR count). The van der Waals surface area contributed by atoms with Gasteiger partial charge < -0.3 is 14.9 Å². The summed E-state index contributed by atoms with van der Waals surface area (Å²) in [5.74, 6) is -0.764. The number of carbonyl (C=O) groups is 1. The fourth-order valence-corrected chi connectivity index (χ4v) is 2.30. The van der Waals surface area contributed by atoms with Gasteiger partial charge in [-0.25, -0.2) is 0 Å². The second kappa shape index (κ2) is 6.86. The number of aliphatic carboxylic acids is 1. The van der Waals surface area contributed by atoms with E-state index < -0.39 is 5.97 Å². The lowest BCUT2D eigenvalue weighted by Gasteiger charge is -2.20. The van der Waals surface area contributed by atoms with E-state index in [0.29, 0.717) is 0 Å². The zero-order valence-electron chi connectivity index (χ0n) is 10.5. The Bertz CT molecular complexity index is 217. The van der Waals surface area contributed by atoms with Gasteiger partial charge >= 0.3 is 5.97 Å². The lowest BCUT2D eigenvalue weighted by Crippen LogP contribution is -2.29. The van der Waals surface area contributed by atoms with Crippen LogP contribution in [0.3, 0.4) is 0 Å². The zero-order chi connectivity index (χ0) is 12.0. The van der Waals surface area contributed by atoms with E-state index in [4.69, 9.17) is 5.11 Å². The highest BCUT2D eigenvalue weighted by Crippen LogP contribution is 2.16. The molecule has 94 valence electrons. The molecule has 0 aromatic carbocycles. The van der Waals surface area contributed by atoms with Gasteiger partial charge in [0.1, 0.15) is 0 Å². The summed E-state index contributed by atoms with van der Waals surface area (Å²) in [5, 5.41) is 8.89. The standard InChI is InChI=1S/C12H24N2O2/c1-3-13(4-2)7-5-8-14-9-6-11(10-14)12(15)16/h11H,3-10H2,1-2H3,(H,15,16). The predicted molar refractivity (Wildman–Crippen MR) is 64.6 cm³/mol. The van der Waals surface area contributed by atoms with E-state index in [9.17, 15) is 4.79 Å². The molecule has 0 saturated carbocycles. The highest BCUT2D eigenvalue weighted by Gasteiger charge is 2.27. The van der Waals surface area contributed by atoms with Gasteiger partial charge in [0, 0.05) is 6.54 Å². The molecule has 1 saturated heterocycles. The van der Waals surface area contributed by atoms with E-state index in [1.807, 2.05) is 0 Å². The molecule has 1 atom stereocenters. The molecule has 1 aliphatic heterocycles. The molecule has 16 heavy (non-hydrogen) atoms. The smallest absolute Gasteiger partial charge is 0.307 e. The van der Waals surface area contributed by atoms with Crippen molar-refractivity contribution in [1.29, 1.82) is 0 Å². The molecule has 1 unspecified atom stereocenters. The summed E-state index contributed by atoms with van der Waals surface area (Å²) in [4.78, 5) is 15.5. The van der Waals surface area contributed by atoms with Crippen LogP contribution in [-0.4, -0.2) is 60.1 Å². The average Bonchev–Trinajstić information content (AvgIpc) is 2.73. The van der Waals surface area contributed by atoms with Crippen LogP contribution in [0.25, 0.3) is 0 Å². The Balaban J connectivity index is 2.13. The summed E-state index contributed by atoms with van der Waals surface area (Å²) in [6, 6.07) is 0. The van der Waals surface area contributed by atoms with Crippen LogP contribution in [0, 0.1) is 5.92 Å². The second-order valence-electron chi connectivity index (χ2n) is 4.50. The maximum atomic E-state index is 10.8. The summed E-state index contributed by atoms with van der Waals surface area (Å²) in [5.41, 5.74) is 0. The molecule has 0 bridgehead atoms. The maximum Gasteiger partial charge on any atom is 0.307 e. The number of carboxylic acids is 1. The third-order valence-electron chi connectivity index (χ3n) is 3.46. The van der Waals surface area contributed by atoms with E-state index in [0.717, 1.165) is 52.1 Å². The SMILES string of the molecule is CCN(CC)CCCN1CCC(C(=O)O)C1. The van der Waals surface area contributed by atoms with E-state index in [1.165, 1.54) is 0 Å². The molecule has 0 spiro atoms. The average molecular weight is 228 g/mol. The van der Waals surface area contributed by atoms with Crippen molar-refractivity contribution in [1.82, 2.24) is 9.80 Å². The molecule has 4 nitrogen and oxygen atoms in total. The summed E-state index contributed by atoms with van der Waals surface area (Å²) in [7, 11) is 0. The van der Waals surface area contributed by atoms with Gasteiger partial charge in [0.05, 0.1) is 5.92 Å². The van der Waals surface area contributed by atoms with Crippen molar-refractivity contribution in [2.24, 2.45) is 5.92 Å². The number of hydrogen-bond acceptors (Lipinski definition) is 3. The molecule has 1 heterocycles. The first kappa shape index (κ1) is 13.5. The molecular formula is C12H24N2O2. The fraction of sp³-hybridized carbons (Fsp3) is 0.917. The summed E-state index contributed by atoms with van der Waals surface area (Å²) >= 11 is 0. The minimum absolute atomic E-state index is 0.131. The van der Waals surface area contributed by atoms with Gasteiger partial charge in [-0.05, 0) is 45.6 Å². The van der Waals surface area contributed by atoms with Crippen molar-refractivity contribution >= 4 is 5.97 Å².